The van der Waals surface area contributed by atoms with E-state index < -0.39 is 0 Å². The second-order valence-corrected chi connectivity index (χ2v) is 5.48. The molecule has 114 valence electrons. The molecule has 0 aliphatic carbocycles. The van der Waals surface area contributed by atoms with Gasteiger partial charge in [-0.05, 0) is 39.0 Å². The van der Waals surface area contributed by atoms with Gasteiger partial charge >= 0.3 is 0 Å². The van der Waals surface area contributed by atoms with Crippen LogP contribution in [0, 0.1) is 5.92 Å². The molecular weight excluding hydrogens is 247 g/mol. The van der Waals surface area contributed by atoms with Crippen LogP contribution in [0.15, 0.2) is 48.1 Å². The first kappa shape index (κ1) is 18.9. The first-order valence-electron chi connectivity index (χ1n) is 7.80. The van der Waals surface area contributed by atoms with Crippen LogP contribution in [-0.2, 0) is 0 Å². The molecule has 0 bridgehead atoms. The summed E-state index contributed by atoms with van der Waals surface area (Å²) in [5.41, 5.74) is 3.53. The maximum absolute atomic E-state index is 13.1. The molecule has 0 fully saturated rings. The van der Waals surface area contributed by atoms with E-state index in [-0.39, 0.29) is 12.6 Å². The molecule has 0 saturated carbocycles. The molecule has 1 heteroatoms. The van der Waals surface area contributed by atoms with Crippen molar-refractivity contribution in [1.29, 1.82) is 0 Å². The van der Waals surface area contributed by atoms with E-state index in [1.165, 1.54) is 5.57 Å². The third kappa shape index (κ3) is 8.90. The van der Waals surface area contributed by atoms with Crippen LogP contribution >= 0.6 is 0 Å². The van der Waals surface area contributed by atoms with Crippen molar-refractivity contribution >= 4 is 0 Å². The largest absolute Gasteiger partial charge is 0.250 e. The molecule has 0 radical (unpaired) electrons. The molecule has 0 aromatic carbocycles. The minimum Gasteiger partial charge on any atom is -0.250 e. The van der Waals surface area contributed by atoms with E-state index in [1.807, 2.05) is 25.2 Å². The monoisotopic (exact) mass is 278 g/mol. The SMILES string of the molecule is C=C(/C=C\C=C(/C)C(CF)CCCCC(=C)CC)CC. The number of alkyl halides is 1. The van der Waals surface area contributed by atoms with Gasteiger partial charge in [0.05, 0.1) is 6.67 Å². The first-order chi connectivity index (χ1) is 9.54. The van der Waals surface area contributed by atoms with Gasteiger partial charge in [0.15, 0.2) is 0 Å². The Balaban J connectivity index is 4.17. The lowest BCUT2D eigenvalue weighted by atomic mass is 9.94. The quantitative estimate of drug-likeness (QED) is 0.228. The lowest BCUT2D eigenvalue weighted by molar-refractivity contribution is 0.372. The molecule has 0 heterocycles. The summed E-state index contributed by atoms with van der Waals surface area (Å²) in [5, 5.41) is 0. The molecule has 0 saturated heterocycles. The summed E-state index contributed by atoms with van der Waals surface area (Å²) < 4.78 is 13.1. The average Bonchev–Trinajstić information content (AvgIpc) is 2.46. The zero-order chi connectivity index (χ0) is 15.4. The van der Waals surface area contributed by atoms with Gasteiger partial charge in [-0.2, -0.15) is 0 Å². The second kappa shape index (κ2) is 11.7. The summed E-state index contributed by atoms with van der Waals surface area (Å²) in [6.07, 6.45) is 12.2. The Bertz CT molecular complexity index is 347. The van der Waals surface area contributed by atoms with Crippen LogP contribution in [0.5, 0.6) is 0 Å². The Kier molecular flexibility index (Phi) is 11.0. The lowest BCUT2D eigenvalue weighted by Gasteiger charge is -2.13. The van der Waals surface area contributed by atoms with Crippen LogP contribution < -0.4 is 0 Å². The van der Waals surface area contributed by atoms with Crippen LogP contribution in [0.2, 0.25) is 0 Å². The molecule has 0 N–H and O–H groups in total. The van der Waals surface area contributed by atoms with Crippen molar-refractivity contribution in [2.45, 2.75) is 59.3 Å². The Morgan fingerprint density at radius 1 is 1.15 bits per heavy atom. The van der Waals surface area contributed by atoms with Gasteiger partial charge in [-0.25, -0.2) is 0 Å². The van der Waals surface area contributed by atoms with Gasteiger partial charge < -0.3 is 0 Å². The van der Waals surface area contributed by atoms with Gasteiger partial charge in [-0.3, -0.25) is 4.39 Å². The van der Waals surface area contributed by atoms with Crippen molar-refractivity contribution in [3.8, 4) is 0 Å². The molecule has 20 heavy (non-hydrogen) atoms. The molecule has 0 aromatic heterocycles. The molecule has 0 nitrogen and oxygen atoms in total. The molecule has 0 aliphatic heterocycles. The summed E-state index contributed by atoms with van der Waals surface area (Å²) in [5.74, 6) is 0.0597. The standard InChI is InChI=1S/C19H31F/c1-6-16(3)11-8-9-14-19(15-20)18(5)13-10-12-17(4)7-2/h10,12-13,19H,3-4,6-9,11,14-15H2,1-2,5H3/b12-10-,18-13+. The third-order valence-electron chi connectivity index (χ3n) is 3.81. The van der Waals surface area contributed by atoms with Crippen LogP contribution in [0.3, 0.4) is 0 Å². The van der Waals surface area contributed by atoms with E-state index in [4.69, 9.17) is 0 Å². The smallest absolute Gasteiger partial charge is 0.0959 e. The van der Waals surface area contributed by atoms with Crippen molar-refractivity contribution in [2.24, 2.45) is 5.92 Å². The highest BCUT2D eigenvalue weighted by Crippen LogP contribution is 2.20. The maximum atomic E-state index is 13.1. The van der Waals surface area contributed by atoms with E-state index in [2.05, 4.69) is 27.0 Å². The van der Waals surface area contributed by atoms with Crippen LogP contribution in [-0.4, -0.2) is 6.67 Å². The predicted molar refractivity (Wildman–Crippen MR) is 89.7 cm³/mol. The van der Waals surface area contributed by atoms with Gasteiger partial charge in [0.25, 0.3) is 0 Å². The second-order valence-electron chi connectivity index (χ2n) is 5.48. The van der Waals surface area contributed by atoms with Crippen LogP contribution in [0.1, 0.15) is 59.3 Å². The van der Waals surface area contributed by atoms with Crippen molar-refractivity contribution in [1.82, 2.24) is 0 Å². The lowest BCUT2D eigenvalue weighted by Crippen LogP contribution is -2.04. The van der Waals surface area contributed by atoms with Gasteiger partial charge in [0.2, 0.25) is 0 Å². The highest BCUT2D eigenvalue weighted by molar-refractivity contribution is 5.21. The summed E-state index contributed by atoms with van der Waals surface area (Å²) in [4.78, 5) is 0. The molecule has 1 atom stereocenters. The zero-order valence-electron chi connectivity index (χ0n) is 13.6. The van der Waals surface area contributed by atoms with Gasteiger partial charge in [0, 0.05) is 5.92 Å². The number of unbranched alkanes of at least 4 members (excludes halogenated alkanes) is 1. The van der Waals surface area contributed by atoms with Crippen molar-refractivity contribution in [3.63, 3.8) is 0 Å². The minimum absolute atomic E-state index is 0.0597. The van der Waals surface area contributed by atoms with E-state index in [0.29, 0.717) is 0 Å². The first-order valence-corrected chi connectivity index (χ1v) is 7.80. The van der Waals surface area contributed by atoms with Gasteiger partial charge in [0.1, 0.15) is 0 Å². The van der Waals surface area contributed by atoms with Crippen LogP contribution in [0.4, 0.5) is 4.39 Å². The molecule has 0 amide bonds. The molecule has 0 aliphatic rings. The topological polar surface area (TPSA) is 0 Å². The van der Waals surface area contributed by atoms with E-state index in [0.717, 1.165) is 49.7 Å². The van der Waals surface area contributed by atoms with Crippen LogP contribution in [0.25, 0.3) is 0 Å². The summed E-state index contributed by atoms with van der Waals surface area (Å²) in [6, 6.07) is 0. The number of allylic oxidation sites excluding steroid dienone is 6. The molecular formula is C19H31F. The Hall–Kier alpha value is -1.11. The Morgan fingerprint density at radius 2 is 1.85 bits per heavy atom. The Labute approximate surface area is 125 Å². The number of hydrogen-bond acceptors (Lipinski definition) is 0. The zero-order valence-corrected chi connectivity index (χ0v) is 13.6. The van der Waals surface area contributed by atoms with E-state index >= 15 is 0 Å². The summed E-state index contributed by atoms with van der Waals surface area (Å²) >= 11 is 0. The number of hydrogen-bond donors (Lipinski definition) is 0. The average molecular weight is 278 g/mol. The highest BCUT2D eigenvalue weighted by Gasteiger charge is 2.09. The van der Waals surface area contributed by atoms with E-state index in [9.17, 15) is 4.39 Å². The summed E-state index contributed by atoms with van der Waals surface area (Å²) in [7, 11) is 0. The van der Waals surface area contributed by atoms with Crippen molar-refractivity contribution < 1.29 is 4.39 Å². The fraction of sp³-hybridized carbons (Fsp3) is 0.579. The molecule has 1 unspecified atom stereocenters. The van der Waals surface area contributed by atoms with Gasteiger partial charge in [-0.15, -0.1) is 0 Å². The number of halogens is 1. The van der Waals surface area contributed by atoms with Gasteiger partial charge in [-0.1, -0.05) is 68.4 Å². The molecule has 0 rings (SSSR count). The van der Waals surface area contributed by atoms with Crippen molar-refractivity contribution in [2.75, 3.05) is 6.67 Å². The maximum Gasteiger partial charge on any atom is 0.0959 e. The fourth-order valence-electron chi connectivity index (χ4n) is 1.96. The fourth-order valence-corrected chi connectivity index (χ4v) is 1.96. The normalized spacial score (nSPS) is 13.7. The third-order valence-corrected chi connectivity index (χ3v) is 3.81. The predicted octanol–water partition coefficient (Wildman–Crippen LogP) is 6.57. The Morgan fingerprint density at radius 3 is 2.40 bits per heavy atom. The van der Waals surface area contributed by atoms with E-state index in [1.54, 1.807) is 0 Å². The van der Waals surface area contributed by atoms with Crippen molar-refractivity contribution in [3.05, 3.63) is 48.1 Å². The number of rotatable bonds is 11. The molecule has 0 aromatic rings. The highest BCUT2D eigenvalue weighted by atomic mass is 19.1. The minimum atomic E-state index is -0.264. The summed E-state index contributed by atoms with van der Waals surface area (Å²) in [6.45, 7) is 13.9. The molecule has 0 spiro atoms.